The predicted octanol–water partition coefficient (Wildman–Crippen LogP) is 4.42. The number of alkyl halides is 2. The second-order valence-electron chi connectivity index (χ2n) is 9.41. The highest BCUT2D eigenvalue weighted by molar-refractivity contribution is 5.97. The van der Waals surface area contributed by atoms with Gasteiger partial charge in [0.05, 0.1) is 5.56 Å². The van der Waals surface area contributed by atoms with Crippen LogP contribution in [-0.2, 0) is 4.79 Å². The minimum absolute atomic E-state index is 0.0750. The zero-order valence-corrected chi connectivity index (χ0v) is 18.1. The van der Waals surface area contributed by atoms with Crippen LogP contribution in [0.25, 0.3) is 0 Å². The Morgan fingerprint density at radius 2 is 1.53 bits per heavy atom. The lowest BCUT2D eigenvalue weighted by Gasteiger charge is -2.40. The second kappa shape index (κ2) is 9.31. The van der Waals surface area contributed by atoms with Gasteiger partial charge in [-0.25, -0.2) is 0 Å². The second-order valence-corrected chi connectivity index (χ2v) is 9.41. The maximum absolute atomic E-state index is 13.0. The van der Waals surface area contributed by atoms with Crippen LogP contribution in [0.1, 0.15) is 56.8 Å². The van der Waals surface area contributed by atoms with Crippen molar-refractivity contribution in [3.05, 3.63) is 29.8 Å². The molecule has 1 aromatic carbocycles. The van der Waals surface area contributed by atoms with Crippen molar-refractivity contribution in [3.8, 4) is 5.75 Å². The molecule has 0 radical (unpaired) electrons. The maximum Gasteiger partial charge on any atom is 0.387 e. The molecule has 1 aliphatic carbocycles. The molecule has 0 N–H and O–H groups in total. The molecule has 166 valence electrons. The molecular formula is C23H32F2N2O3. The number of para-hydroxylation sites is 1. The van der Waals surface area contributed by atoms with Crippen LogP contribution in [0.5, 0.6) is 5.75 Å². The van der Waals surface area contributed by atoms with Crippen LogP contribution in [0.4, 0.5) is 8.78 Å². The van der Waals surface area contributed by atoms with Crippen molar-refractivity contribution in [2.75, 3.05) is 26.2 Å². The fourth-order valence-electron chi connectivity index (χ4n) is 4.61. The van der Waals surface area contributed by atoms with Gasteiger partial charge in [0.2, 0.25) is 5.91 Å². The minimum atomic E-state index is -2.98. The van der Waals surface area contributed by atoms with E-state index >= 15 is 0 Å². The Bertz CT molecular complexity index is 747. The molecule has 1 saturated carbocycles. The van der Waals surface area contributed by atoms with Gasteiger partial charge in [0.15, 0.2) is 0 Å². The van der Waals surface area contributed by atoms with Gasteiger partial charge in [-0.05, 0) is 49.1 Å². The third-order valence-electron chi connectivity index (χ3n) is 6.51. The van der Waals surface area contributed by atoms with Gasteiger partial charge in [0, 0.05) is 32.1 Å². The molecule has 2 aliphatic rings. The molecule has 30 heavy (non-hydrogen) atoms. The lowest BCUT2D eigenvalue weighted by atomic mass is 9.69. The summed E-state index contributed by atoms with van der Waals surface area (Å²) >= 11 is 0. The highest BCUT2D eigenvalue weighted by Crippen LogP contribution is 2.40. The van der Waals surface area contributed by atoms with Crippen LogP contribution in [0.15, 0.2) is 24.3 Å². The number of nitrogens with zero attached hydrogens (tertiary/aromatic N) is 2. The van der Waals surface area contributed by atoms with Crippen molar-refractivity contribution in [1.82, 2.24) is 9.80 Å². The van der Waals surface area contributed by atoms with E-state index in [-0.39, 0.29) is 34.5 Å². The van der Waals surface area contributed by atoms with Gasteiger partial charge in [0.1, 0.15) is 5.75 Å². The smallest absolute Gasteiger partial charge is 0.387 e. The quantitative estimate of drug-likeness (QED) is 0.722. The van der Waals surface area contributed by atoms with Gasteiger partial charge >= 0.3 is 6.61 Å². The van der Waals surface area contributed by atoms with E-state index in [9.17, 15) is 18.4 Å². The van der Waals surface area contributed by atoms with E-state index in [1.54, 1.807) is 17.0 Å². The first-order chi connectivity index (χ1) is 14.2. The summed E-state index contributed by atoms with van der Waals surface area (Å²) < 4.78 is 29.7. The highest BCUT2D eigenvalue weighted by atomic mass is 19.3. The number of halogens is 2. The summed E-state index contributed by atoms with van der Waals surface area (Å²) in [6.07, 6.45) is 4.02. The fourth-order valence-corrected chi connectivity index (χ4v) is 4.61. The molecule has 3 rings (SSSR count). The fraction of sp³-hybridized carbons (Fsp3) is 0.652. The molecule has 5 nitrogen and oxygen atoms in total. The number of rotatable bonds is 4. The zero-order chi connectivity index (χ0) is 21.9. The molecule has 1 aliphatic heterocycles. The molecule has 0 bridgehead atoms. The number of carbonyl (C=O) groups excluding carboxylic acids is 2. The third-order valence-corrected chi connectivity index (χ3v) is 6.51. The topological polar surface area (TPSA) is 49.9 Å². The number of piperazine rings is 1. The van der Waals surface area contributed by atoms with Gasteiger partial charge in [-0.2, -0.15) is 8.78 Å². The number of hydrogen-bond donors (Lipinski definition) is 0. The largest absolute Gasteiger partial charge is 0.434 e. The number of ether oxygens (including phenoxy) is 1. The van der Waals surface area contributed by atoms with E-state index in [4.69, 9.17) is 0 Å². The Hall–Kier alpha value is -2.18. The molecule has 2 fully saturated rings. The van der Waals surface area contributed by atoms with E-state index in [0.717, 1.165) is 25.7 Å². The first-order valence-electron chi connectivity index (χ1n) is 10.8. The van der Waals surface area contributed by atoms with Crippen LogP contribution < -0.4 is 4.74 Å². The summed E-state index contributed by atoms with van der Waals surface area (Å²) in [7, 11) is 0. The number of benzene rings is 1. The van der Waals surface area contributed by atoms with Crippen molar-refractivity contribution >= 4 is 11.8 Å². The number of hydrogen-bond acceptors (Lipinski definition) is 3. The third kappa shape index (κ3) is 5.29. The van der Waals surface area contributed by atoms with Crippen LogP contribution >= 0.6 is 0 Å². The van der Waals surface area contributed by atoms with Gasteiger partial charge in [-0.15, -0.1) is 0 Å². The van der Waals surface area contributed by atoms with Crippen molar-refractivity contribution in [1.29, 1.82) is 0 Å². The average molecular weight is 423 g/mol. The molecule has 1 heterocycles. The Balaban J connectivity index is 1.54. The Kier molecular flexibility index (Phi) is 6.98. The van der Waals surface area contributed by atoms with Gasteiger partial charge in [-0.3, -0.25) is 9.59 Å². The Morgan fingerprint density at radius 1 is 0.967 bits per heavy atom. The predicted molar refractivity (Wildman–Crippen MR) is 110 cm³/mol. The van der Waals surface area contributed by atoms with E-state index < -0.39 is 6.61 Å². The molecule has 1 aromatic rings. The van der Waals surface area contributed by atoms with Crippen LogP contribution in [0, 0.1) is 17.3 Å². The first-order valence-corrected chi connectivity index (χ1v) is 10.8. The van der Waals surface area contributed by atoms with Crippen LogP contribution in [-0.4, -0.2) is 54.4 Å². The first kappa shape index (κ1) is 22.5. The zero-order valence-electron chi connectivity index (χ0n) is 18.1. The monoisotopic (exact) mass is 422 g/mol. The van der Waals surface area contributed by atoms with Gasteiger partial charge in [-0.1, -0.05) is 32.9 Å². The normalized spacial score (nSPS) is 22.9. The van der Waals surface area contributed by atoms with E-state index in [0.29, 0.717) is 32.1 Å². The van der Waals surface area contributed by atoms with Gasteiger partial charge in [0.25, 0.3) is 5.91 Å². The summed E-state index contributed by atoms with van der Waals surface area (Å²) in [5.74, 6) is 0.462. The molecule has 0 aromatic heterocycles. The van der Waals surface area contributed by atoms with Crippen molar-refractivity contribution < 1.29 is 23.1 Å². The van der Waals surface area contributed by atoms with Crippen molar-refractivity contribution in [2.24, 2.45) is 17.3 Å². The molecule has 0 unspecified atom stereocenters. The molecule has 0 atom stereocenters. The summed E-state index contributed by atoms with van der Waals surface area (Å²) in [6.45, 7) is 5.54. The van der Waals surface area contributed by atoms with E-state index in [2.05, 4.69) is 25.5 Å². The highest BCUT2D eigenvalue weighted by Gasteiger charge is 2.35. The SMILES string of the molecule is CC(C)(C)C1CCC(C(=O)N2CCN(C(=O)c3ccccc3OC(F)F)CC2)CC1. The lowest BCUT2D eigenvalue weighted by Crippen LogP contribution is -2.52. The molecule has 1 saturated heterocycles. The Morgan fingerprint density at radius 3 is 2.10 bits per heavy atom. The van der Waals surface area contributed by atoms with Gasteiger partial charge < -0.3 is 14.5 Å². The van der Waals surface area contributed by atoms with E-state index in [1.165, 1.54) is 12.1 Å². The minimum Gasteiger partial charge on any atom is -0.434 e. The summed E-state index contributed by atoms with van der Waals surface area (Å²) in [5, 5.41) is 0. The lowest BCUT2D eigenvalue weighted by molar-refractivity contribution is -0.138. The molecule has 2 amide bonds. The standard InChI is InChI=1S/C23H32F2N2O3/c1-23(2,3)17-10-8-16(9-11-17)20(28)26-12-14-27(15-13-26)21(29)18-6-4-5-7-19(18)30-22(24)25/h4-7,16-17,22H,8-15H2,1-3H3. The number of amides is 2. The summed E-state index contributed by atoms with van der Waals surface area (Å²) in [4.78, 5) is 29.2. The molecule has 7 heteroatoms. The summed E-state index contributed by atoms with van der Waals surface area (Å²) in [6, 6.07) is 6.04. The van der Waals surface area contributed by atoms with Crippen LogP contribution in [0.3, 0.4) is 0 Å². The average Bonchev–Trinajstić information content (AvgIpc) is 2.72. The van der Waals surface area contributed by atoms with Crippen molar-refractivity contribution in [2.45, 2.75) is 53.1 Å². The van der Waals surface area contributed by atoms with Crippen molar-refractivity contribution in [3.63, 3.8) is 0 Å². The Labute approximate surface area is 177 Å². The van der Waals surface area contributed by atoms with Crippen LogP contribution in [0.2, 0.25) is 0 Å². The molecular weight excluding hydrogens is 390 g/mol. The van der Waals surface area contributed by atoms with E-state index in [1.807, 2.05) is 4.90 Å². The molecule has 0 spiro atoms. The maximum atomic E-state index is 13.0. The summed E-state index contributed by atoms with van der Waals surface area (Å²) in [5.41, 5.74) is 0.405. The number of carbonyl (C=O) groups is 2.